The molecule has 1 aromatic heterocycles. The summed E-state index contributed by atoms with van der Waals surface area (Å²) in [5, 5.41) is 0. The van der Waals surface area contributed by atoms with E-state index in [0.717, 1.165) is 0 Å². The predicted octanol–water partition coefficient (Wildman–Crippen LogP) is 5.85. The van der Waals surface area contributed by atoms with Crippen LogP contribution in [0.25, 0.3) is 6.08 Å². The van der Waals surface area contributed by atoms with Gasteiger partial charge in [0.15, 0.2) is 16.3 Å². The van der Waals surface area contributed by atoms with E-state index < -0.39 is 12.0 Å². The Morgan fingerprint density at radius 2 is 1.91 bits per heavy atom. The number of thiazole rings is 1. The molecule has 1 aliphatic rings. The Bertz CT molecular complexity index is 1970. The average Bonchev–Trinajstić information content (AvgIpc) is 3.33. The molecule has 1 aliphatic heterocycles. The van der Waals surface area contributed by atoms with Crippen LogP contribution in [-0.2, 0) is 16.1 Å². The Hall–Kier alpha value is -4.48. The van der Waals surface area contributed by atoms with Crippen LogP contribution in [0.5, 0.6) is 17.2 Å². The van der Waals surface area contributed by atoms with Crippen molar-refractivity contribution < 1.29 is 28.1 Å². The summed E-state index contributed by atoms with van der Waals surface area (Å²) in [6, 6.07) is 16.3. The highest BCUT2D eigenvalue weighted by Gasteiger charge is 2.33. The third kappa shape index (κ3) is 6.79. The molecule has 0 radical (unpaired) electrons. The van der Waals surface area contributed by atoms with Crippen molar-refractivity contribution in [2.45, 2.75) is 26.5 Å². The highest BCUT2D eigenvalue weighted by atomic mass is 79.9. The Labute approximate surface area is 271 Å². The highest BCUT2D eigenvalue weighted by molar-refractivity contribution is 9.10. The minimum atomic E-state index is -0.758. The molecule has 0 unspecified atom stereocenters. The number of nitrogens with zero attached hydrogens (tertiary/aromatic N) is 2. The van der Waals surface area contributed by atoms with Gasteiger partial charge in [-0.2, -0.15) is 0 Å². The second-order valence-electron chi connectivity index (χ2n) is 9.89. The monoisotopic (exact) mass is 692 g/mol. The lowest BCUT2D eigenvalue weighted by Crippen LogP contribution is -2.39. The van der Waals surface area contributed by atoms with Gasteiger partial charge in [-0.15, -0.1) is 0 Å². The molecule has 0 amide bonds. The summed E-state index contributed by atoms with van der Waals surface area (Å²) in [5.74, 6) is 0.526. The van der Waals surface area contributed by atoms with E-state index in [1.165, 1.54) is 29.1 Å². The zero-order valence-corrected chi connectivity index (χ0v) is 27.2. The largest absolute Gasteiger partial charge is 0.493 e. The minimum absolute atomic E-state index is 0.00307. The number of esters is 1. The van der Waals surface area contributed by atoms with Crippen LogP contribution in [0.15, 0.2) is 98.8 Å². The Morgan fingerprint density at radius 1 is 1.16 bits per heavy atom. The first kappa shape index (κ1) is 31.9. The highest BCUT2D eigenvalue weighted by Crippen LogP contribution is 2.38. The third-order valence-electron chi connectivity index (χ3n) is 6.96. The maximum Gasteiger partial charge on any atom is 0.338 e. The van der Waals surface area contributed by atoms with Gasteiger partial charge in [0.1, 0.15) is 24.8 Å². The molecular weight excluding hydrogens is 663 g/mol. The number of rotatable bonds is 11. The number of halogens is 2. The lowest BCUT2D eigenvalue weighted by molar-refractivity contribution is -0.139. The van der Waals surface area contributed by atoms with E-state index in [1.807, 2.05) is 12.1 Å². The van der Waals surface area contributed by atoms with Crippen molar-refractivity contribution in [2.75, 3.05) is 20.3 Å². The normalized spacial score (nSPS) is 14.4. The van der Waals surface area contributed by atoms with Gasteiger partial charge in [0, 0.05) is 5.56 Å². The second kappa shape index (κ2) is 14.1. The van der Waals surface area contributed by atoms with Gasteiger partial charge in [-0.3, -0.25) is 9.36 Å². The van der Waals surface area contributed by atoms with Crippen LogP contribution in [0, 0.1) is 5.82 Å². The molecule has 3 aromatic carbocycles. The Kier molecular flexibility index (Phi) is 9.99. The van der Waals surface area contributed by atoms with E-state index in [-0.39, 0.29) is 30.2 Å². The molecule has 0 fully saturated rings. The molecule has 232 valence electrons. The van der Waals surface area contributed by atoms with Crippen molar-refractivity contribution in [1.29, 1.82) is 0 Å². The fourth-order valence-corrected chi connectivity index (χ4v) is 6.51. The molecular formula is C34H30BrFN2O6S. The first-order valence-corrected chi connectivity index (χ1v) is 15.6. The fraction of sp³-hybridized carbons (Fsp3) is 0.206. The van der Waals surface area contributed by atoms with Crippen molar-refractivity contribution in [2.24, 2.45) is 4.99 Å². The van der Waals surface area contributed by atoms with E-state index in [1.54, 1.807) is 68.5 Å². The smallest absolute Gasteiger partial charge is 0.338 e. The maximum atomic E-state index is 14.1. The van der Waals surface area contributed by atoms with Gasteiger partial charge in [-0.05, 0) is 77.3 Å². The van der Waals surface area contributed by atoms with Crippen LogP contribution in [0.1, 0.15) is 36.6 Å². The van der Waals surface area contributed by atoms with Crippen LogP contribution >= 0.6 is 27.3 Å². The minimum Gasteiger partial charge on any atom is -0.493 e. The summed E-state index contributed by atoms with van der Waals surface area (Å²) < 4.78 is 39.1. The van der Waals surface area contributed by atoms with Crippen molar-refractivity contribution in [3.05, 3.63) is 131 Å². The van der Waals surface area contributed by atoms with Crippen LogP contribution in [0.2, 0.25) is 0 Å². The summed E-state index contributed by atoms with van der Waals surface area (Å²) in [6.45, 7) is 7.66. The predicted molar refractivity (Wildman–Crippen MR) is 174 cm³/mol. The number of carbonyl (C=O) groups excluding carboxylic acids is 1. The van der Waals surface area contributed by atoms with Gasteiger partial charge in [-0.25, -0.2) is 14.2 Å². The molecule has 0 saturated heterocycles. The van der Waals surface area contributed by atoms with E-state index in [9.17, 15) is 14.0 Å². The van der Waals surface area contributed by atoms with Crippen molar-refractivity contribution in [1.82, 2.24) is 4.57 Å². The molecule has 0 bridgehead atoms. The van der Waals surface area contributed by atoms with Gasteiger partial charge >= 0.3 is 5.97 Å². The van der Waals surface area contributed by atoms with Crippen molar-refractivity contribution in [3.63, 3.8) is 0 Å². The van der Waals surface area contributed by atoms with Gasteiger partial charge in [0.05, 0.1) is 40.0 Å². The van der Waals surface area contributed by atoms with Crippen LogP contribution in [-0.4, -0.2) is 30.9 Å². The summed E-state index contributed by atoms with van der Waals surface area (Å²) in [7, 11) is 1.50. The summed E-state index contributed by atoms with van der Waals surface area (Å²) in [6.07, 6.45) is 3.38. The molecule has 4 aromatic rings. The molecule has 0 N–H and O–H groups in total. The first-order chi connectivity index (χ1) is 21.7. The van der Waals surface area contributed by atoms with Crippen molar-refractivity contribution in [3.8, 4) is 17.2 Å². The SMILES string of the molecule is C=CCOc1ccc([C@@H]2C(C(=O)OCC)=C(C)N=c3s/c(=C\c4cc(Br)c(OCc5ccccc5F)c(OC)c4)c(=O)n32)cc1. The van der Waals surface area contributed by atoms with Gasteiger partial charge in [-0.1, -0.05) is 54.3 Å². The number of ether oxygens (including phenoxy) is 4. The lowest BCUT2D eigenvalue weighted by Gasteiger charge is -2.24. The number of hydrogen-bond donors (Lipinski definition) is 0. The number of aromatic nitrogens is 1. The fourth-order valence-electron chi connectivity index (χ4n) is 4.89. The number of hydrogen-bond acceptors (Lipinski definition) is 8. The lowest BCUT2D eigenvalue weighted by atomic mass is 9.96. The molecule has 2 heterocycles. The Morgan fingerprint density at radius 3 is 2.60 bits per heavy atom. The summed E-state index contributed by atoms with van der Waals surface area (Å²) in [4.78, 5) is 32.3. The molecule has 0 aliphatic carbocycles. The van der Waals surface area contributed by atoms with Gasteiger partial charge < -0.3 is 18.9 Å². The number of fused-ring (bicyclic) bond motifs is 1. The molecule has 8 nitrogen and oxygen atoms in total. The standard InChI is InChI=1S/C34H30BrFN2O6S/c1-5-15-43-24-13-11-22(12-14-24)30-29(33(40)42-6-2)20(3)37-34-38(30)32(39)28(45-34)18-21-16-25(35)31(27(17-21)41-4)44-19-23-9-7-8-10-26(23)36/h5,7-14,16-18,30H,1,6,15,19H2,2-4H3/b28-18-/t30-/m1/s1. The van der Waals surface area contributed by atoms with Gasteiger partial charge in [0.2, 0.25) is 0 Å². The zero-order valence-electron chi connectivity index (χ0n) is 24.8. The van der Waals surface area contributed by atoms with Gasteiger partial charge in [0.25, 0.3) is 5.56 Å². The number of allylic oxidation sites excluding steroid dienone is 1. The Balaban J connectivity index is 1.56. The van der Waals surface area contributed by atoms with E-state index >= 15 is 0 Å². The first-order valence-electron chi connectivity index (χ1n) is 14.0. The number of methoxy groups -OCH3 is 1. The summed E-state index contributed by atoms with van der Waals surface area (Å²) >= 11 is 4.75. The number of carbonyl (C=O) groups is 1. The molecule has 11 heteroatoms. The quantitative estimate of drug-likeness (QED) is 0.145. The van der Waals surface area contributed by atoms with Crippen molar-refractivity contribution >= 4 is 39.3 Å². The average molecular weight is 694 g/mol. The van der Waals surface area contributed by atoms with E-state index in [4.69, 9.17) is 18.9 Å². The van der Waals surface area contributed by atoms with Crippen LogP contribution < -0.4 is 29.1 Å². The topological polar surface area (TPSA) is 88.4 Å². The molecule has 1 atom stereocenters. The van der Waals surface area contributed by atoms with E-state index in [2.05, 4.69) is 27.5 Å². The van der Waals surface area contributed by atoms with E-state index in [0.29, 0.717) is 60.0 Å². The van der Waals surface area contributed by atoms with Crippen LogP contribution in [0.4, 0.5) is 4.39 Å². The molecule has 0 saturated carbocycles. The maximum absolute atomic E-state index is 14.1. The second-order valence-corrected chi connectivity index (χ2v) is 11.7. The summed E-state index contributed by atoms with van der Waals surface area (Å²) in [5.41, 5.74) is 2.20. The molecule has 5 rings (SSSR count). The zero-order chi connectivity index (χ0) is 32.1. The molecule has 45 heavy (non-hydrogen) atoms. The third-order valence-corrected chi connectivity index (χ3v) is 8.53. The number of benzene rings is 3. The van der Waals surface area contributed by atoms with Crippen LogP contribution in [0.3, 0.4) is 0 Å². The molecule has 0 spiro atoms.